The van der Waals surface area contributed by atoms with Gasteiger partial charge in [-0.3, -0.25) is 4.84 Å². The van der Waals surface area contributed by atoms with Crippen molar-refractivity contribution >= 4 is 15.9 Å². The van der Waals surface area contributed by atoms with Crippen molar-refractivity contribution in [3.63, 3.8) is 0 Å². The highest BCUT2D eigenvalue weighted by Crippen LogP contribution is 2.26. The van der Waals surface area contributed by atoms with Crippen LogP contribution in [0.15, 0.2) is 22.7 Å². The molecule has 1 aromatic rings. The Bertz CT molecular complexity index is 314. The van der Waals surface area contributed by atoms with Crippen molar-refractivity contribution in [2.45, 2.75) is 19.4 Å². The SMILES string of the molecule is CC(C)(ON)c1ccc(Br)c(F)c1. The molecule has 0 heterocycles. The number of hydrogen-bond donors (Lipinski definition) is 1. The third-order valence-corrected chi connectivity index (χ3v) is 2.55. The summed E-state index contributed by atoms with van der Waals surface area (Å²) in [5.41, 5.74) is 0.0392. The van der Waals surface area contributed by atoms with E-state index >= 15 is 0 Å². The van der Waals surface area contributed by atoms with Crippen LogP contribution in [0.5, 0.6) is 0 Å². The van der Waals surface area contributed by atoms with Crippen molar-refractivity contribution < 1.29 is 9.23 Å². The standard InChI is InChI=1S/C9H11BrFNO/c1-9(2,13-12)6-3-4-7(10)8(11)5-6/h3-5H,12H2,1-2H3. The van der Waals surface area contributed by atoms with Gasteiger partial charge in [-0.25, -0.2) is 10.3 Å². The quantitative estimate of drug-likeness (QED) is 0.816. The molecule has 0 aliphatic heterocycles. The molecule has 1 rings (SSSR count). The molecule has 0 aliphatic rings. The van der Waals surface area contributed by atoms with E-state index in [9.17, 15) is 4.39 Å². The summed E-state index contributed by atoms with van der Waals surface area (Å²) in [5.74, 6) is 4.78. The van der Waals surface area contributed by atoms with E-state index in [1.807, 2.05) is 0 Å². The Morgan fingerprint density at radius 2 is 2.08 bits per heavy atom. The fourth-order valence-electron chi connectivity index (χ4n) is 0.939. The monoisotopic (exact) mass is 247 g/mol. The summed E-state index contributed by atoms with van der Waals surface area (Å²) >= 11 is 3.07. The van der Waals surface area contributed by atoms with Gasteiger partial charge in [-0.05, 0) is 47.5 Å². The number of hydrogen-bond acceptors (Lipinski definition) is 2. The summed E-state index contributed by atoms with van der Waals surface area (Å²) in [5, 5.41) is 0. The number of nitrogens with two attached hydrogens (primary N) is 1. The summed E-state index contributed by atoms with van der Waals surface area (Å²) < 4.78 is 13.5. The minimum absolute atomic E-state index is 0.317. The normalized spacial score (nSPS) is 11.8. The van der Waals surface area contributed by atoms with E-state index in [2.05, 4.69) is 15.9 Å². The fourth-order valence-corrected chi connectivity index (χ4v) is 1.19. The van der Waals surface area contributed by atoms with E-state index < -0.39 is 5.60 Å². The van der Waals surface area contributed by atoms with Crippen molar-refractivity contribution in [2.24, 2.45) is 5.90 Å². The van der Waals surface area contributed by atoms with Gasteiger partial charge in [0.25, 0.3) is 0 Å². The lowest BCUT2D eigenvalue weighted by Crippen LogP contribution is -2.25. The average Bonchev–Trinajstić information content (AvgIpc) is 2.09. The van der Waals surface area contributed by atoms with Crippen LogP contribution in [-0.2, 0) is 10.4 Å². The van der Waals surface area contributed by atoms with Crippen LogP contribution in [0.2, 0.25) is 0 Å². The van der Waals surface area contributed by atoms with Gasteiger partial charge < -0.3 is 0 Å². The van der Waals surface area contributed by atoms with E-state index in [-0.39, 0.29) is 5.82 Å². The van der Waals surface area contributed by atoms with Crippen LogP contribution >= 0.6 is 15.9 Å². The summed E-state index contributed by atoms with van der Waals surface area (Å²) in [6.07, 6.45) is 0. The number of benzene rings is 1. The molecule has 0 spiro atoms. The minimum Gasteiger partial charge on any atom is -0.294 e. The van der Waals surface area contributed by atoms with Gasteiger partial charge in [0.2, 0.25) is 0 Å². The molecule has 0 unspecified atom stereocenters. The van der Waals surface area contributed by atoms with Crippen molar-refractivity contribution in [1.29, 1.82) is 0 Å². The lowest BCUT2D eigenvalue weighted by molar-refractivity contribution is -0.0238. The highest BCUT2D eigenvalue weighted by atomic mass is 79.9. The highest BCUT2D eigenvalue weighted by molar-refractivity contribution is 9.10. The minimum atomic E-state index is -0.665. The molecule has 0 saturated carbocycles. The van der Waals surface area contributed by atoms with Crippen molar-refractivity contribution in [3.8, 4) is 0 Å². The Morgan fingerprint density at radius 1 is 1.46 bits per heavy atom. The molecule has 2 N–H and O–H groups in total. The van der Waals surface area contributed by atoms with E-state index in [4.69, 9.17) is 10.7 Å². The molecule has 0 saturated heterocycles. The first-order valence-electron chi connectivity index (χ1n) is 3.81. The van der Waals surface area contributed by atoms with Crippen LogP contribution in [0.4, 0.5) is 4.39 Å². The van der Waals surface area contributed by atoms with E-state index in [0.717, 1.165) is 0 Å². The maximum Gasteiger partial charge on any atom is 0.137 e. The molecule has 0 atom stereocenters. The summed E-state index contributed by atoms with van der Waals surface area (Å²) in [7, 11) is 0. The molecule has 0 fully saturated rings. The Morgan fingerprint density at radius 3 is 2.54 bits per heavy atom. The van der Waals surface area contributed by atoms with Crippen LogP contribution in [0.3, 0.4) is 0 Å². The molecule has 0 radical (unpaired) electrons. The van der Waals surface area contributed by atoms with E-state index in [1.165, 1.54) is 6.07 Å². The average molecular weight is 248 g/mol. The molecule has 1 aromatic carbocycles. The topological polar surface area (TPSA) is 35.2 Å². The van der Waals surface area contributed by atoms with Crippen LogP contribution in [0.1, 0.15) is 19.4 Å². The van der Waals surface area contributed by atoms with Crippen LogP contribution in [0.25, 0.3) is 0 Å². The number of rotatable bonds is 2. The summed E-state index contributed by atoms with van der Waals surface area (Å²) in [4.78, 5) is 4.74. The third kappa shape index (κ3) is 2.27. The Hall–Kier alpha value is -0.450. The van der Waals surface area contributed by atoms with Crippen molar-refractivity contribution in [1.82, 2.24) is 0 Å². The van der Waals surface area contributed by atoms with Crippen molar-refractivity contribution in [2.75, 3.05) is 0 Å². The molecular formula is C9H11BrFNO. The second kappa shape index (κ2) is 3.74. The second-order valence-electron chi connectivity index (χ2n) is 3.26. The van der Waals surface area contributed by atoms with Gasteiger partial charge in [0.05, 0.1) is 4.47 Å². The Balaban J connectivity index is 3.10. The smallest absolute Gasteiger partial charge is 0.137 e. The van der Waals surface area contributed by atoms with Crippen LogP contribution in [-0.4, -0.2) is 0 Å². The van der Waals surface area contributed by atoms with Crippen LogP contribution in [0, 0.1) is 5.82 Å². The summed E-state index contributed by atoms with van der Waals surface area (Å²) in [6, 6.07) is 4.79. The predicted octanol–water partition coefficient (Wildman–Crippen LogP) is 2.71. The van der Waals surface area contributed by atoms with Gasteiger partial charge in [0.1, 0.15) is 11.4 Å². The lowest BCUT2D eigenvalue weighted by atomic mass is 9.98. The van der Waals surface area contributed by atoms with E-state index in [1.54, 1.807) is 26.0 Å². The van der Waals surface area contributed by atoms with Gasteiger partial charge in [-0.2, -0.15) is 0 Å². The van der Waals surface area contributed by atoms with Gasteiger partial charge >= 0.3 is 0 Å². The maximum absolute atomic E-state index is 13.1. The molecule has 0 amide bonds. The van der Waals surface area contributed by atoms with Crippen molar-refractivity contribution in [3.05, 3.63) is 34.1 Å². The molecular weight excluding hydrogens is 237 g/mol. The maximum atomic E-state index is 13.1. The van der Waals surface area contributed by atoms with Gasteiger partial charge in [0.15, 0.2) is 0 Å². The molecule has 0 bridgehead atoms. The summed E-state index contributed by atoms with van der Waals surface area (Å²) in [6.45, 7) is 3.55. The highest BCUT2D eigenvalue weighted by Gasteiger charge is 2.21. The molecule has 72 valence electrons. The second-order valence-corrected chi connectivity index (χ2v) is 4.11. The zero-order chi connectivity index (χ0) is 10.1. The number of halogens is 2. The zero-order valence-electron chi connectivity index (χ0n) is 7.47. The van der Waals surface area contributed by atoms with Crippen LogP contribution < -0.4 is 5.90 Å². The Kier molecular flexibility index (Phi) is 3.05. The van der Waals surface area contributed by atoms with Gasteiger partial charge in [-0.15, -0.1) is 0 Å². The zero-order valence-corrected chi connectivity index (χ0v) is 9.06. The first-order chi connectivity index (χ1) is 5.97. The third-order valence-electron chi connectivity index (χ3n) is 1.91. The fraction of sp³-hybridized carbons (Fsp3) is 0.333. The molecule has 2 nitrogen and oxygen atoms in total. The Labute approximate surface area is 85.0 Å². The van der Waals surface area contributed by atoms with E-state index in [0.29, 0.717) is 10.0 Å². The lowest BCUT2D eigenvalue weighted by Gasteiger charge is -2.22. The molecule has 13 heavy (non-hydrogen) atoms. The molecule has 0 aliphatic carbocycles. The first-order valence-corrected chi connectivity index (χ1v) is 4.60. The molecule has 4 heteroatoms. The van der Waals surface area contributed by atoms with Gasteiger partial charge in [0, 0.05) is 0 Å². The molecule has 0 aromatic heterocycles. The predicted molar refractivity (Wildman–Crippen MR) is 52.4 cm³/mol. The largest absolute Gasteiger partial charge is 0.294 e. The van der Waals surface area contributed by atoms with Gasteiger partial charge in [-0.1, -0.05) is 6.07 Å². The first kappa shape index (κ1) is 10.6.